The summed E-state index contributed by atoms with van der Waals surface area (Å²) in [7, 11) is 0. The lowest BCUT2D eigenvalue weighted by Crippen LogP contribution is -2.43. The van der Waals surface area contributed by atoms with E-state index in [4.69, 9.17) is 0 Å². The number of halogens is 3. The Balaban J connectivity index is 2.32. The fourth-order valence-corrected chi connectivity index (χ4v) is 1.93. The zero-order valence-corrected chi connectivity index (χ0v) is 8.64. The highest BCUT2D eigenvalue weighted by Crippen LogP contribution is 2.34. The van der Waals surface area contributed by atoms with Gasteiger partial charge in [0.1, 0.15) is 0 Å². The van der Waals surface area contributed by atoms with E-state index in [9.17, 15) is 13.2 Å². The van der Waals surface area contributed by atoms with Crippen molar-refractivity contribution in [2.24, 2.45) is 0 Å². The molecular formula is C11H13F3N2. The lowest BCUT2D eigenvalue weighted by molar-refractivity contribution is -0.138. The van der Waals surface area contributed by atoms with Crippen molar-refractivity contribution in [1.29, 1.82) is 0 Å². The quantitative estimate of drug-likeness (QED) is 0.770. The molecule has 0 amide bonds. The van der Waals surface area contributed by atoms with E-state index in [1.165, 1.54) is 12.1 Å². The molecule has 1 atom stereocenters. The minimum atomic E-state index is -4.28. The van der Waals surface area contributed by atoms with Gasteiger partial charge < -0.3 is 10.6 Å². The van der Waals surface area contributed by atoms with E-state index in [0.717, 1.165) is 12.6 Å². The third-order valence-corrected chi connectivity index (χ3v) is 2.68. The van der Waals surface area contributed by atoms with E-state index in [1.54, 1.807) is 6.07 Å². The van der Waals surface area contributed by atoms with Gasteiger partial charge in [-0.05, 0) is 11.6 Å². The number of piperazine rings is 1. The van der Waals surface area contributed by atoms with Crippen LogP contribution in [0.3, 0.4) is 0 Å². The number of alkyl halides is 3. The molecule has 2 N–H and O–H groups in total. The van der Waals surface area contributed by atoms with Gasteiger partial charge in [-0.25, -0.2) is 0 Å². The van der Waals surface area contributed by atoms with Crippen molar-refractivity contribution in [1.82, 2.24) is 10.6 Å². The van der Waals surface area contributed by atoms with E-state index in [0.29, 0.717) is 18.7 Å². The normalized spacial score (nSPS) is 22.1. The molecule has 0 radical (unpaired) electrons. The third-order valence-electron chi connectivity index (χ3n) is 2.68. The van der Waals surface area contributed by atoms with Crippen LogP contribution in [-0.2, 0) is 6.18 Å². The van der Waals surface area contributed by atoms with Gasteiger partial charge in [0, 0.05) is 25.7 Å². The maximum atomic E-state index is 12.8. The summed E-state index contributed by atoms with van der Waals surface area (Å²) in [5, 5.41) is 6.17. The number of hydrogen-bond acceptors (Lipinski definition) is 2. The van der Waals surface area contributed by atoms with Crippen LogP contribution in [0, 0.1) is 0 Å². The average molecular weight is 230 g/mol. The molecule has 1 saturated heterocycles. The Labute approximate surface area is 91.8 Å². The fraction of sp³-hybridized carbons (Fsp3) is 0.455. The van der Waals surface area contributed by atoms with Crippen LogP contribution in [0.15, 0.2) is 24.3 Å². The first-order valence-corrected chi connectivity index (χ1v) is 5.19. The van der Waals surface area contributed by atoms with Crippen molar-refractivity contribution in [3.8, 4) is 0 Å². The lowest BCUT2D eigenvalue weighted by Gasteiger charge is -2.27. The van der Waals surface area contributed by atoms with Gasteiger partial charge in [-0.3, -0.25) is 0 Å². The zero-order valence-electron chi connectivity index (χ0n) is 8.64. The monoisotopic (exact) mass is 230 g/mol. The van der Waals surface area contributed by atoms with Crippen molar-refractivity contribution in [3.05, 3.63) is 35.4 Å². The van der Waals surface area contributed by atoms with Gasteiger partial charge in [0.25, 0.3) is 0 Å². The Morgan fingerprint density at radius 2 is 1.88 bits per heavy atom. The van der Waals surface area contributed by atoms with Crippen LogP contribution in [0.4, 0.5) is 13.2 Å². The summed E-state index contributed by atoms with van der Waals surface area (Å²) >= 11 is 0. The second-order valence-corrected chi connectivity index (χ2v) is 3.80. The Morgan fingerprint density at radius 1 is 1.12 bits per heavy atom. The molecule has 1 aliphatic heterocycles. The standard InChI is InChI=1S/C11H13F3N2/c12-11(13,14)9-4-2-1-3-8(9)10-7-15-5-6-16-10/h1-4,10,15-16H,5-7H2. The molecule has 0 spiro atoms. The van der Waals surface area contributed by atoms with Crippen LogP contribution >= 0.6 is 0 Å². The molecule has 1 unspecified atom stereocenters. The second-order valence-electron chi connectivity index (χ2n) is 3.80. The number of nitrogens with one attached hydrogen (secondary N) is 2. The molecule has 1 aromatic rings. The third kappa shape index (κ3) is 2.36. The molecule has 2 nitrogen and oxygen atoms in total. The van der Waals surface area contributed by atoms with Crippen molar-refractivity contribution in [3.63, 3.8) is 0 Å². The maximum absolute atomic E-state index is 12.8. The van der Waals surface area contributed by atoms with Gasteiger partial charge in [-0.15, -0.1) is 0 Å². The van der Waals surface area contributed by atoms with E-state index in [-0.39, 0.29) is 6.04 Å². The molecule has 0 aromatic heterocycles. The Hall–Kier alpha value is -1.07. The first-order valence-electron chi connectivity index (χ1n) is 5.19. The minimum absolute atomic E-state index is 0.258. The van der Waals surface area contributed by atoms with Gasteiger partial charge in [0.2, 0.25) is 0 Å². The van der Waals surface area contributed by atoms with Crippen LogP contribution in [0.5, 0.6) is 0 Å². The van der Waals surface area contributed by atoms with Crippen molar-refractivity contribution < 1.29 is 13.2 Å². The van der Waals surface area contributed by atoms with Gasteiger partial charge in [0.15, 0.2) is 0 Å². The highest BCUT2D eigenvalue weighted by atomic mass is 19.4. The van der Waals surface area contributed by atoms with Crippen LogP contribution in [0.2, 0.25) is 0 Å². The van der Waals surface area contributed by atoms with Crippen molar-refractivity contribution in [2.75, 3.05) is 19.6 Å². The van der Waals surface area contributed by atoms with Gasteiger partial charge in [-0.1, -0.05) is 18.2 Å². The van der Waals surface area contributed by atoms with Crippen LogP contribution in [0.25, 0.3) is 0 Å². The molecule has 2 rings (SSSR count). The summed E-state index contributed by atoms with van der Waals surface area (Å²) in [5.41, 5.74) is -0.224. The van der Waals surface area contributed by atoms with Crippen LogP contribution in [-0.4, -0.2) is 19.6 Å². The van der Waals surface area contributed by atoms with E-state index in [2.05, 4.69) is 10.6 Å². The summed E-state index contributed by atoms with van der Waals surface area (Å²) in [6.07, 6.45) is -4.28. The molecular weight excluding hydrogens is 217 g/mol. The first kappa shape index (κ1) is 11.4. The molecule has 5 heteroatoms. The predicted octanol–water partition coefficient (Wildman–Crippen LogP) is 1.94. The zero-order chi connectivity index (χ0) is 11.6. The summed E-state index contributed by atoms with van der Waals surface area (Å²) in [5.74, 6) is 0. The predicted molar refractivity (Wildman–Crippen MR) is 55.1 cm³/mol. The van der Waals surface area contributed by atoms with E-state index >= 15 is 0 Å². The Morgan fingerprint density at radius 3 is 2.50 bits per heavy atom. The first-order chi connectivity index (χ1) is 7.59. The van der Waals surface area contributed by atoms with Crippen molar-refractivity contribution >= 4 is 0 Å². The topological polar surface area (TPSA) is 24.1 Å². The molecule has 0 bridgehead atoms. The SMILES string of the molecule is FC(F)(F)c1ccccc1C1CNCCN1. The molecule has 0 aliphatic carbocycles. The van der Waals surface area contributed by atoms with Gasteiger partial charge in [-0.2, -0.15) is 13.2 Å². The van der Waals surface area contributed by atoms with E-state index < -0.39 is 11.7 Å². The fourth-order valence-electron chi connectivity index (χ4n) is 1.93. The van der Waals surface area contributed by atoms with Crippen LogP contribution in [0.1, 0.15) is 17.2 Å². The van der Waals surface area contributed by atoms with Gasteiger partial charge in [0.05, 0.1) is 5.56 Å². The average Bonchev–Trinajstić information content (AvgIpc) is 2.29. The lowest BCUT2D eigenvalue weighted by atomic mass is 9.99. The molecule has 1 fully saturated rings. The maximum Gasteiger partial charge on any atom is 0.416 e. The largest absolute Gasteiger partial charge is 0.416 e. The smallest absolute Gasteiger partial charge is 0.314 e. The Kier molecular flexibility index (Phi) is 3.16. The highest BCUT2D eigenvalue weighted by Gasteiger charge is 2.35. The van der Waals surface area contributed by atoms with Crippen LogP contribution < -0.4 is 10.6 Å². The molecule has 0 saturated carbocycles. The Bertz CT molecular complexity index is 356. The van der Waals surface area contributed by atoms with E-state index in [1.807, 2.05) is 0 Å². The van der Waals surface area contributed by atoms with Gasteiger partial charge >= 0.3 is 6.18 Å². The number of hydrogen-bond donors (Lipinski definition) is 2. The summed E-state index contributed by atoms with van der Waals surface area (Å²) in [4.78, 5) is 0. The summed E-state index contributed by atoms with van der Waals surface area (Å²) in [6.45, 7) is 2.02. The number of benzene rings is 1. The molecule has 1 aromatic carbocycles. The minimum Gasteiger partial charge on any atom is -0.314 e. The van der Waals surface area contributed by atoms with Crippen molar-refractivity contribution in [2.45, 2.75) is 12.2 Å². The summed E-state index contributed by atoms with van der Waals surface area (Å²) < 4.78 is 38.3. The molecule has 1 aliphatic rings. The highest BCUT2D eigenvalue weighted by molar-refractivity contribution is 5.32. The number of rotatable bonds is 1. The second kappa shape index (κ2) is 4.43. The molecule has 16 heavy (non-hydrogen) atoms. The molecule has 88 valence electrons. The summed E-state index contributed by atoms with van der Waals surface area (Å²) in [6, 6.07) is 5.47. The molecule has 1 heterocycles.